The summed E-state index contributed by atoms with van der Waals surface area (Å²) >= 11 is 0. The van der Waals surface area contributed by atoms with Gasteiger partial charge in [0.25, 0.3) is 0 Å². The van der Waals surface area contributed by atoms with Crippen molar-refractivity contribution in [3.05, 3.63) is 0 Å². The number of cyclic esters (lactones) is 1. The Labute approximate surface area is 46.8 Å². The van der Waals surface area contributed by atoms with Crippen molar-refractivity contribution >= 4 is 5.97 Å². The molecule has 0 unspecified atom stereocenters. The Balaban J connectivity index is 2.31. The van der Waals surface area contributed by atoms with Crippen molar-refractivity contribution in [1.82, 2.24) is 0 Å². The predicted octanol–water partition coefficient (Wildman–Crippen LogP) is -0.739. The van der Waals surface area contributed by atoms with Crippen molar-refractivity contribution in [1.29, 1.82) is 0 Å². The van der Waals surface area contributed by atoms with Crippen molar-refractivity contribution in [3.63, 3.8) is 0 Å². The van der Waals surface area contributed by atoms with Gasteiger partial charge in [0, 0.05) is 5.92 Å². The summed E-state index contributed by atoms with van der Waals surface area (Å²) in [5, 5.41) is 0. The van der Waals surface area contributed by atoms with Gasteiger partial charge >= 0.3 is 5.97 Å². The van der Waals surface area contributed by atoms with Crippen LogP contribution in [0.25, 0.3) is 0 Å². The lowest BCUT2D eigenvalue weighted by Gasteiger charge is -1.97. The Morgan fingerprint density at radius 2 is 2.62 bits per heavy atom. The minimum Gasteiger partial charge on any atom is -0.464 e. The summed E-state index contributed by atoms with van der Waals surface area (Å²) in [6, 6.07) is 0. The zero-order valence-electron chi connectivity index (χ0n) is 4.39. The summed E-state index contributed by atoms with van der Waals surface area (Å²) in [6.07, 6.45) is 0.839. The maximum absolute atomic E-state index is 10.6. The molecule has 1 aliphatic carbocycles. The van der Waals surface area contributed by atoms with Crippen LogP contribution in [0, 0.1) is 5.92 Å². The second kappa shape index (κ2) is 0.910. The van der Waals surface area contributed by atoms with Crippen LogP contribution in [0.1, 0.15) is 6.42 Å². The van der Waals surface area contributed by atoms with Crippen LogP contribution >= 0.6 is 0 Å². The molecule has 0 bridgehead atoms. The minimum atomic E-state index is -0.542. The molecule has 2 fully saturated rings. The second-order valence-corrected chi connectivity index (χ2v) is 2.54. The Hall–Kier alpha value is -0.570. The topological polar surface area (TPSA) is 52.3 Å². The van der Waals surface area contributed by atoms with E-state index >= 15 is 0 Å². The van der Waals surface area contributed by atoms with Crippen LogP contribution < -0.4 is 5.73 Å². The first-order chi connectivity index (χ1) is 3.73. The van der Waals surface area contributed by atoms with Crippen LogP contribution in [0.15, 0.2) is 0 Å². The SMILES string of the molecule is N[C@]12C[C@@H]1COC2=O. The molecule has 1 saturated carbocycles. The van der Waals surface area contributed by atoms with Crippen molar-refractivity contribution < 1.29 is 9.53 Å². The highest BCUT2D eigenvalue weighted by Crippen LogP contribution is 2.46. The summed E-state index contributed by atoms with van der Waals surface area (Å²) in [4.78, 5) is 10.6. The lowest BCUT2D eigenvalue weighted by atomic mass is 10.3. The largest absolute Gasteiger partial charge is 0.464 e. The molecule has 0 amide bonds. The molecule has 0 aromatic heterocycles. The van der Waals surface area contributed by atoms with Crippen LogP contribution in [0.3, 0.4) is 0 Å². The van der Waals surface area contributed by atoms with E-state index in [1.54, 1.807) is 0 Å². The molecule has 3 heteroatoms. The summed E-state index contributed by atoms with van der Waals surface area (Å²) in [5.41, 5.74) is 4.98. The molecule has 44 valence electrons. The van der Waals surface area contributed by atoms with Crippen molar-refractivity contribution in [2.45, 2.75) is 12.0 Å². The van der Waals surface area contributed by atoms with E-state index in [0.29, 0.717) is 12.5 Å². The Morgan fingerprint density at radius 3 is 2.75 bits per heavy atom. The molecule has 0 spiro atoms. The molecule has 3 nitrogen and oxygen atoms in total. The molecule has 1 saturated heterocycles. The van der Waals surface area contributed by atoms with E-state index in [1.165, 1.54) is 0 Å². The number of hydrogen-bond acceptors (Lipinski definition) is 3. The maximum atomic E-state index is 10.6. The first-order valence-corrected chi connectivity index (χ1v) is 2.69. The highest BCUT2D eigenvalue weighted by atomic mass is 16.5. The highest BCUT2D eigenvalue weighted by molar-refractivity contribution is 5.87. The molecule has 0 radical (unpaired) electrons. The van der Waals surface area contributed by atoms with E-state index < -0.39 is 5.54 Å². The fourth-order valence-electron chi connectivity index (χ4n) is 1.12. The molecule has 2 atom stereocenters. The van der Waals surface area contributed by atoms with E-state index in [1.807, 2.05) is 0 Å². The summed E-state index contributed by atoms with van der Waals surface area (Å²) in [5.74, 6) is 0.137. The first kappa shape index (κ1) is 4.32. The van der Waals surface area contributed by atoms with Crippen molar-refractivity contribution in [2.75, 3.05) is 6.61 Å². The Kier molecular flexibility index (Phi) is 0.492. The smallest absolute Gasteiger partial charge is 0.326 e. The first-order valence-electron chi connectivity index (χ1n) is 2.69. The zero-order valence-corrected chi connectivity index (χ0v) is 4.39. The number of rotatable bonds is 0. The fourth-order valence-corrected chi connectivity index (χ4v) is 1.12. The molecule has 2 N–H and O–H groups in total. The summed E-state index contributed by atoms with van der Waals surface area (Å²) in [7, 11) is 0. The van der Waals surface area contributed by atoms with E-state index in [4.69, 9.17) is 5.73 Å². The van der Waals surface area contributed by atoms with Crippen LogP contribution in [0.4, 0.5) is 0 Å². The lowest BCUT2D eigenvalue weighted by molar-refractivity contribution is -0.141. The molecule has 1 heterocycles. The van der Waals surface area contributed by atoms with Gasteiger partial charge in [-0.2, -0.15) is 0 Å². The van der Waals surface area contributed by atoms with Crippen LogP contribution in [-0.2, 0) is 9.53 Å². The number of hydrogen-bond donors (Lipinski definition) is 1. The van der Waals surface area contributed by atoms with Crippen LogP contribution in [0.2, 0.25) is 0 Å². The molecule has 2 rings (SSSR count). The third-order valence-corrected chi connectivity index (χ3v) is 1.95. The van der Waals surface area contributed by atoms with Crippen molar-refractivity contribution in [3.8, 4) is 0 Å². The average Bonchev–Trinajstić information content (AvgIpc) is 2.31. The van der Waals surface area contributed by atoms with Gasteiger partial charge in [-0.3, -0.25) is 4.79 Å². The molecule has 0 aromatic rings. The van der Waals surface area contributed by atoms with Gasteiger partial charge in [-0.25, -0.2) is 0 Å². The number of carbonyl (C=O) groups is 1. The van der Waals surface area contributed by atoms with Gasteiger partial charge in [0.2, 0.25) is 0 Å². The predicted molar refractivity (Wildman–Crippen MR) is 26.0 cm³/mol. The number of nitrogens with two attached hydrogens (primary N) is 1. The van der Waals surface area contributed by atoms with Gasteiger partial charge in [-0.05, 0) is 6.42 Å². The number of fused-ring (bicyclic) bond motifs is 1. The molecule has 1 aliphatic heterocycles. The Bertz CT molecular complexity index is 155. The standard InChI is InChI=1S/C5H7NO2/c6-5-1-3(5)2-8-4(5)7/h3H,1-2,6H2/t3-,5-/m1/s1. The lowest BCUT2D eigenvalue weighted by Crippen LogP contribution is -2.31. The van der Waals surface area contributed by atoms with Gasteiger partial charge in [-0.1, -0.05) is 0 Å². The maximum Gasteiger partial charge on any atom is 0.326 e. The molecule has 0 aromatic carbocycles. The van der Waals surface area contributed by atoms with Gasteiger partial charge in [0.15, 0.2) is 0 Å². The summed E-state index contributed by atoms with van der Waals surface area (Å²) in [6.45, 7) is 0.551. The third-order valence-electron chi connectivity index (χ3n) is 1.95. The molecule has 8 heavy (non-hydrogen) atoms. The zero-order chi connectivity index (χ0) is 5.78. The molecule has 2 aliphatic rings. The fraction of sp³-hybridized carbons (Fsp3) is 0.800. The highest BCUT2D eigenvalue weighted by Gasteiger charge is 2.63. The molecular formula is C5H7NO2. The normalized spacial score (nSPS) is 50.6. The van der Waals surface area contributed by atoms with Gasteiger partial charge < -0.3 is 10.5 Å². The minimum absolute atomic E-state index is 0.206. The van der Waals surface area contributed by atoms with E-state index in [-0.39, 0.29) is 5.97 Å². The Morgan fingerprint density at radius 1 is 1.88 bits per heavy atom. The third kappa shape index (κ3) is 0.282. The van der Waals surface area contributed by atoms with Gasteiger partial charge in [0.05, 0.1) is 6.61 Å². The van der Waals surface area contributed by atoms with Crippen LogP contribution in [0.5, 0.6) is 0 Å². The van der Waals surface area contributed by atoms with Crippen molar-refractivity contribution in [2.24, 2.45) is 11.7 Å². The summed E-state index contributed by atoms with van der Waals surface area (Å²) < 4.78 is 4.65. The number of ether oxygens (including phenoxy) is 1. The van der Waals surface area contributed by atoms with E-state index in [2.05, 4.69) is 4.74 Å². The monoisotopic (exact) mass is 113 g/mol. The van der Waals surface area contributed by atoms with E-state index in [9.17, 15) is 4.79 Å². The van der Waals surface area contributed by atoms with Gasteiger partial charge in [-0.15, -0.1) is 0 Å². The number of esters is 1. The second-order valence-electron chi connectivity index (χ2n) is 2.54. The quantitative estimate of drug-likeness (QED) is 0.421. The average molecular weight is 113 g/mol. The van der Waals surface area contributed by atoms with E-state index in [0.717, 1.165) is 6.42 Å². The van der Waals surface area contributed by atoms with Gasteiger partial charge in [0.1, 0.15) is 5.54 Å². The van der Waals surface area contributed by atoms with Crippen LogP contribution in [-0.4, -0.2) is 18.1 Å². The number of carbonyl (C=O) groups excluding carboxylic acids is 1. The molecular weight excluding hydrogens is 106 g/mol.